The van der Waals surface area contributed by atoms with Crippen LogP contribution in [0.25, 0.3) is 12.2 Å². The van der Waals surface area contributed by atoms with Gasteiger partial charge in [-0.05, 0) is 54.1 Å². The van der Waals surface area contributed by atoms with Gasteiger partial charge in [-0.15, -0.1) is 0 Å². The van der Waals surface area contributed by atoms with Crippen LogP contribution in [0.1, 0.15) is 63.5 Å². The molecule has 0 bridgehead atoms. The minimum atomic E-state index is 0.746. The summed E-state index contributed by atoms with van der Waals surface area (Å²) in [6.45, 7) is 4.97. The second kappa shape index (κ2) is 11.1. The Morgan fingerprint density at radius 2 is 1.39 bits per heavy atom. The predicted molar refractivity (Wildman–Crippen MR) is 124 cm³/mol. The molecule has 0 aliphatic heterocycles. The second-order valence-corrected chi connectivity index (χ2v) is 8.66. The van der Waals surface area contributed by atoms with Gasteiger partial charge in [0.15, 0.2) is 0 Å². The van der Waals surface area contributed by atoms with Gasteiger partial charge in [0.2, 0.25) is 0 Å². The van der Waals surface area contributed by atoms with Crippen molar-refractivity contribution in [3.63, 3.8) is 0 Å². The van der Waals surface area contributed by atoms with Crippen LogP contribution in [0, 0.1) is 23.7 Å². The number of allylic oxidation sites excluding steroid dienone is 2. The molecular formula is C28H36. The molecule has 1 aliphatic carbocycles. The van der Waals surface area contributed by atoms with Gasteiger partial charge in [0, 0.05) is 0 Å². The maximum Gasteiger partial charge on any atom is -0.0260 e. The monoisotopic (exact) mass is 372 g/mol. The summed E-state index contributed by atoms with van der Waals surface area (Å²) in [6.07, 6.45) is 17.4. The van der Waals surface area contributed by atoms with E-state index in [-0.39, 0.29) is 0 Å². The van der Waals surface area contributed by atoms with Crippen LogP contribution in [0.3, 0.4) is 0 Å². The molecule has 3 rings (SSSR count). The van der Waals surface area contributed by atoms with Crippen molar-refractivity contribution in [3.05, 3.63) is 83.9 Å². The summed E-state index contributed by atoms with van der Waals surface area (Å²) in [4.78, 5) is 0. The number of hydrogen-bond donors (Lipinski definition) is 0. The van der Waals surface area contributed by atoms with Gasteiger partial charge < -0.3 is 0 Å². The summed E-state index contributed by atoms with van der Waals surface area (Å²) in [5.41, 5.74) is 2.63. The lowest BCUT2D eigenvalue weighted by atomic mass is 9.72. The third kappa shape index (κ3) is 6.23. The topological polar surface area (TPSA) is 0 Å². The van der Waals surface area contributed by atoms with E-state index in [0.29, 0.717) is 0 Å². The van der Waals surface area contributed by atoms with Gasteiger partial charge >= 0.3 is 0 Å². The number of rotatable bonds is 7. The average molecular weight is 373 g/mol. The first kappa shape index (κ1) is 20.6. The molecule has 4 unspecified atom stereocenters. The predicted octanol–water partition coefficient (Wildman–Crippen LogP) is 8.27. The highest BCUT2D eigenvalue weighted by Crippen LogP contribution is 2.41. The molecular weight excluding hydrogens is 336 g/mol. The van der Waals surface area contributed by atoms with E-state index in [1.807, 2.05) is 0 Å². The first-order valence-electron chi connectivity index (χ1n) is 11.2. The number of benzene rings is 2. The largest absolute Gasteiger partial charge is 0.0837 e. The van der Waals surface area contributed by atoms with Crippen LogP contribution in [-0.2, 0) is 0 Å². The minimum Gasteiger partial charge on any atom is -0.0837 e. The Labute approximate surface area is 172 Å². The Bertz CT molecular complexity index is 725. The Morgan fingerprint density at radius 3 is 2.04 bits per heavy atom. The molecule has 0 nitrogen and oxygen atoms in total. The molecule has 4 atom stereocenters. The summed E-state index contributed by atoms with van der Waals surface area (Å²) in [5, 5.41) is 0. The number of hydrogen-bond acceptors (Lipinski definition) is 0. The zero-order chi connectivity index (χ0) is 19.6. The van der Waals surface area contributed by atoms with E-state index in [0.717, 1.165) is 23.7 Å². The maximum absolute atomic E-state index is 2.49. The Kier molecular flexibility index (Phi) is 8.15. The fourth-order valence-electron chi connectivity index (χ4n) is 4.89. The van der Waals surface area contributed by atoms with Gasteiger partial charge in [0.05, 0.1) is 0 Å². The van der Waals surface area contributed by atoms with E-state index in [1.165, 1.54) is 49.7 Å². The molecule has 0 heterocycles. The molecule has 0 aromatic heterocycles. The standard InChI is InChI=1S/C28H36/c1-23-13-9-10-21-27(24(2)14-11-19-25-15-5-3-6-16-25)28(23)22-12-20-26-17-7-4-8-18-26/h3-8,11-12,15-20,23-24,27-28H,9-10,13-14,21-22H2,1-2H3. The summed E-state index contributed by atoms with van der Waals surface area (Å²) in [5.74, 6) is 3.21. The maximum atomic E-state index is 2.49. The molecule has 2 aromatic carbocycles. The van der Waals surface area contributed by atoms with E-state index in [2.05, 4.69) is 98.8 Å². The average Bonchev–Trinajstić information content (AvgIpc) is 2.91. The summed E-state index contributed by atoms with van der Waals surface area (Å²) in [6, 6.07) is 21.4. The fourth-order valence-corrected chi connectivity index (χ4v) is 4.89. The molecule has 2 aromatic rings. The van der Waals surface area contributed by atoms with E-state index in [9.17, 15) is 0 Å². The Hall–Kier alpha value is -2.08. The van der Waals surface area contributed by atoms with Crippen LogP contribution in [0.15, 0.2) is 72.8 Å². The summed E-state index contributed by atoms with van der Waals surface area (Å²) < 4.78 is 0. The molecule has 0 spiro atoms. The van der Waals surface area contributed by atoms with E-state index < -0.39 is 0 Å². The highest BCUT2D eigenvalue weighted by atomic mass is 14.4. The van der Waals surface area contributed by atoms with Crippen LogP contribution in [0.4, 0.5) is 0 Å². The molecule has 0 amide bonds. The molecule has 0 N–H and O–H groups in total. The fraction of sp³-hybridized carbons (Fsp3) is 0.429. The van der Waals surface area contributed by atoms with Crippen molar-refractivity contribution in [1.82, 2.24) is 0 Å². The highest BCUT2D eigenvalue weighted by molar-refractivity contribution is 5.49. The van der Waals surface area contributed by atoms with Crippen LogP contribution in [-0.4, -0.2) is 0 Å². The van der Waals surface area contributed by atoms with Gasteiger partial charge in [-0.2, -0.15) is 0 Å². The van der Waals surface area contributed by atoms with Crippen molar-refractivity contribution in [2.45, 2.75) is 52.4 Å². The quantitative estimate of drug-likeness (QED) is 0.429. The molecule has 1 saturated carbocycles. The van der Waals surface area contributed by atoms with Crippen molar-refractivity contribution in [3.8, 4) is 0 Å². The van der Waals surface area contributed by atoms with Crippen molar-refractivity contribution in [2.75, 3.05) is 0 Å². The van der Waals surface area contributed by atoms with Crippen LogP contribution >= 0.6 is 0 Å². The van der Waals surface area contributed by atoms with E-state index in [1.54, 1.807) is 0 Å². The first-order chi connectivity index (χ1) is 13.7. The zero-order valence-electron chi connectivity index (χ0n) is 17.6. The van der Waals surface area contributed by atoms with Crippen molar-refractivity contribution in [1.29, 1.82) is 0 Å². The molecule has 28 heavy (non-hydrogen) atoms. The molecule has 1 fully saturated rings. The third-order valence-electron chi connectivity index (χ3n) is 6.59. The molecule has 0 radical (unpaired) electrons. The molecule has 148 valence electrons. The van der Waals surface area contributed by atoms with Gasteiger partial charge in [0.1, 0.15) is 0 Å². The normalized spacial score (nSPS) is 24.4. The second-order valence-electron chi connectivity index (χ2n) is 8.66. The zero-order valence-corrected chi connectivity index (χ0v) is 17.6. The van der Waals surface area contributed by atoms with Crippen molar-refractivity contribution in [2.24, 2.45) is 23.7 Å². The highest BCUT2D eigenvalue weighted by Gasteiger charge is 2.31. The lowest BCUT2D eigenvalue weighted by Crippen LogP contribution is -2.25. The molecule has 1 aliphatic rings. The van der Waals surface area contributed by atoms with Gasteiger partial charge in [-0.3, -0.25) is 0 Å². The first-order valence-corrected chi connectivity index (χ1v) is 11.2. The van der Waals surface area contributed by atoms with Gasteiger partial charge in [-0.25, -0.2) is 0 Å². The van der Waals surface area contributed by atoms with Gasteiger partial charge in [0.25, 0.3) is 0 Å². The van der Waals surface area contributed by atoms with E-state index in [4.69, 9.17) is 0 Å². The van der Waals surface area contributed by atoms with Crippen LogP contribution in [0.2, 0.25) is 0 Å². The van der Waals surface area contributed by atoms with Crippen LogP contribution in [0.5, 0.6) is 0 Å². The lowest BCUT2D eigenvalue weighted by Gasteiger charge is -2.33. The third-order valence-corrected chi connectivity index (χ3v) is 6.59. The minimum absolute atomic E-state index is 0.746. The summed E-state index contributed by atoms with van der Waals surface area (Å²) >= 11 is 0. The summed E-state index contributed by atoms with van der Waals surface area (Å²) in [7, 11) is 0. The molecule has 0 heteroatoms. The Morgan fingerprint density at radius 1 is 0.821 bits per heavy atom. The Balaban J connectivity index is 1.63. The lowest BCUT2D eigenvalue weighted by molar-refractivity contribution is 0.182. The van der Waals surface area contributed by atoms with E-state index >= 15 is 0 Å². The smallest absolute Gasteiger partial charge is 0.0260 e. The van der Waals surface area contributed by atoms with Gasteiger partial charge in [-0.1, -0.05) is 118 Å². The van der Waals surface area contributed by atoms with Crippen molar-refractivity contribution < 1.29 is 0 Å². The molecule has 0 saturated heterocycles. The van der Waals surface area contributed by atoms with Crippen LogP contribution < -0.4 is 0 Å². The SMILES string of the molecule is CC1CCCCC(C(C)CC=Cc2ccccc2)C1CC=Cc1ccccc1. The van der Waals surface area contributed by atoms with Crippen molar-refractivity contribution >= 4 is 12.2 Å².